The fraction of sp³-hybridized carbons (Fsp3) is 0.346. The van der Waals surface area contributed by atoms with Crippen LogP contribution in [0.4, 0.5) is 5.69 Å². The number of methoxy groups -OCH3 is 1. The molecule has 1 saturated heterocycles. The zero-order valence-corrected chi connectivity index (χ0v) is 18.6. The molecular formula is C26H28N4O2. The van der Waals surface area contributed by atoms with E-state index in [-0.39, 0.29) is 11.8 Å². The number of hydrogen-bond donors (Lipinski definition) is 1. The Kier molecular flexibility index (Phi) is 6.55. The number of hydrogen-bond acceptors (Lipinski definition) is 5. The summed E-state index contributed by atoms with van der Waals surface area (Å²) in [5.41, 5.74) is 4.62. The number of anilines is 1. The molecule has 164 valence electrons. The molecule has 0 unspecified atom stereocenters. The Morgan fingerprint density at radius 2 is 2.03 bits per heavy atom. The number of nitrogens with one attached hydrogen (secondary N) is 1. The van der Waals surface area contributed by atoms with Crippen molar-refractivity contribution < 1.29 is 9.53 Å². The molecule has 1 aliphatic heterocycles. The highest BCUT2D eigenvalue weighted by Crippen LogP contribution is 2.33. The molecule has 1 aromatic heterocycles. The van der Waals surface area contributed by atoms with Crippen molar-refractivity contribution in [1.29, 1.82) is 5.26 Å². The van der Waals surface area contributed by atoms with E-state index in [0.29, 0.717) is 12.1 Å². The quantitative estimate of drug-likeness (QED) is 0.636. The monoisotopic (exact) mass is 428 g/mol. The topological polar surface area (TPSA) is 78.2 Å². The van der Waals surface area contributed by atoms with Gasteiger partial charge in [-0.1, -0.05) is 31.2 Å². The van der Waals surface area contributed by atoms with Crippen LogP contribution in [0, 0.1) is 17.2 Å². The number of rotatable bonds is 6. The van der Waals surface area contributed by atoms with Crippen molar-refractivity contribution in [1.82, 2.24) is 10.3 Å². The number of fused-ring (bicyclic) bond motifs is 1. The van der Waals surface area contributed by atoms with E-state index in [1.807, 2.05) is 30.3 Å². The van der Waals surface area contributed by atoms with Crippen molar-refractivity contribution in [2.24, 2.45) is 5.92 Å². The molecule has 6 heteroatoms. The van der Waals surface area contributed by atoms with Gasteiger partial charge < -0.3 is 15.0 Å². The van der Waals surface area contributed by atoms with Crippen LogP contribution in [0.5, 0.6) is 5.75 Å². The largest absolute Gasteiger partial charge is 0.496 e. The van der Waals surface area contributed by atoms with Crippen molar-refractivity contribution in [3.05, 3.63) is 65.4 Å². The summed E-state index contributed by atoms with van der Waals surface area (Å²) < 4.78 is 5.37. The molecule has 6 nitrogen and oxygen atoms in total. The van der Waals surface area contributed by atoms with E-state index < -0.39 is 0 Å². The summed E-state index contributed by atoms with van der Waals surface area (Å²) in [7, 11) is 1.64. The van der Waals surface area contributed by atoms with E-state index in [2.05, 4.69) is 40.3 Å². The number of ether oxygens (including phenoxy) is 1. The number of benzene rings is 2. The van der Waals surface area contributed by atoms with E-state index in [0.717, 1.165) is 60.3 Å². The number of nitrogens with zero attached hydrogens (tertiary/aromatic N) is 3. The van der Waals surface area contributed by atoms with Crippen molar-refractivity contribution in [3.8, 4) is 11.8 Å². The predicted molar refractivity (Wildman–Crippen MR) is 126 cm³/mol. The first-order valence-electron chi connectivity index (χ1n) is 11.1. The second-order valence-corrected chi connectivity index (χ2v) is 8.13. The van der Waals surface area contributed by atoms with Gasteiger partial charge in [0.1, 0.15) is 11.8 Å². The Morgan fingerprint density at radius 3 is 2.75 bits per heavy atom. The lowest BCUT2D eigenvalue weighted by molar-refractivity contribution is -0.125. The first-order valence-corrected chi connectivity index (χ1v) is 11.1. The second kappa shape index (κ2) is 9.69. The first kappa shape index (κ1) is 21.6. The molecule has 0 aliphatic carbocycles. The van der Waals surface area contributed by atoms with E-state index in [4.69, 9.17) is 4.74 Å². The van der Waals surface area contributed by atoms with Crippen molar-refractivity contribution in [3.63, 3.8) is 0 Å². The summed E-state index contributed by atoms with van der Waals surface area (Å²) >= 11 is 0. The SMILES string of the molecule is CCc1ccc2ncc(C#N)c(N3CCC(C(=O)NCc4ccccc4OC)CC3)c2c1. The van der Waals surface area contributed by atoms with Gasteiger partial charge in [-0.15, -0.1) is 0 Å². The number of carbonyl (C=O) groups is 1. The van der Waals surface area contributed by atoms with Crippen LogP contribution < -0.4 is 15.0 Å². The minimum atomic E-state index is -0.0363. The van der Waals surface area contributed by atoms with Gasteiger partial charge in [0.15, 0.2) is 0 Å². The minimum absolute atomic E-state index is 0.0363. The van der Waals surface area contributed by atoms with Gasteiger partial charge in [0.25, 0.3) is 0 Å². The zero-order chi connectivity index (χ0) is 22.5. The third-order valence-corrected chi connectivity index (χ3v) is 6.26. The summed E-state index contributed by atoms with van der Waals surface area (Å²) in [6.45, 7) is 4.04. The van der Waals surface area contributed by atoms with Crippen LogP contribution in [-0.2, 0) is 17.8 Å². The van der Waals surface area contributed by atoms with Gasteiger partial charge >= 0.3 is 0 Å². The number of amides is 1. The number of aryl methyl sites for hydroxylation is 1. The summed E-state index contributed by atoms with van der Waals surface area (Å²) in [5.74, 6) is 0.817. The van der Waals surface area contributed by atoms with Gasteiger partial charge in [0.05, 0.1) is 23.9 Å². The molecule has 2 heterocycles. The van der Waals surface area contributed by atoms with Gasteiger partial charge in [-0.3, -0.25) is 9.78 Å². The van der Waals surface area contributed by atoms with Crippen LogP contribution in [-0.4, -0.2) is 31.1 Å². The standard InChI is InChI=1S/C26H28N4O2/c1-3-18-8-9-23-22(14-18)25(21(15-27)17-28-23)30-12-10-19(11-13-30)26(31)29-16-20-6-4-5-7-24(20)32-2/h4-9,14,17,19H,3,10-13,16H2,1-2H3,(H,29,31). The Balaban J connectivity index is 1.46. The fourth-order valence-electron chi connectivity index (χ4n) is 4.41. The summed E-state index contributed by atoms with van der Waals surface area (Å²) in [4.78, 5) is 19.5. The van der Waals surface area contributed by atoms with E-state index in [9.17, 15) is 10.1 Å². The van der Waals surface area contributed by atoms with Gasteiger partial charge in [-0.25, -0.2) is 0 Å². The molecule has 0 saturated carbocycles. The molecule has 1 fully saturated rings. The summed E-state index contributed by atoms with van der Waals surface area (Å²) in [6, 6.07) is 16.3. The summed E-state index contributed by atoms with van der Waals surface area (Å²) in [6.07, 6.45) is 4.09. The average Bonchev–Trinajstić information content (AvgIpc) is 2.86. The molecule has 0 bridgehead atoms. The maximum atomic E-state index is 12.8. The van der Waals surface area contributed by atoms with Crippen LogP contribution >= 0.6 is 0 Å². The normalized spacial score (nSPS) is 14.2. The molecule has 1 aliphatic rings. The molecule has 2 aromatic carbocycles. The maximum absolute atomic E-state index is 12.8. The molecule has 4 rings (SSSR count). The fourth-order valence-corrected chi connectivity index (χ4v) is 4.41. The van der Waals surface area contributed by atoms with Crippen LogP contribution in [0.15, 0.2) is 48.7 Å². The van der Waals surface area contributed by atoms with Crippen LogP contribution in [0.25, 0.3) is 10.9 Å². The van der Waals surface area contributed by atoms with Crippen LogP contribution in [0.3, 0.4) is 0 Å². The zero-order valence-electron chi connectivity index (χ0n) is 18.6. The van der Waals surface area contributed by atoms with Crippen LogP contribution in [0.2, 0.25) is 0 Å². The van der Waals surface area contributed by atoms with Gasteiger partial charge in [-0.05, 0) is 43.0 Å². The lowest BCUT2D eigenvalue weighted by Gasteiger charge is -2.34. The number of piperidine rings is 1. The third-order valence-electron chi connectivity index (χ3n) is 6.26. The Labute approximate surface area is 188 Å². The van der Waals surface area contributed by atoms with Crippen molar-refractivity contribution >= 4 is 22.5 Å². The highest BCUT2D eigenvalue weighted by atomic mass is 16.5. The Hall–Kier alpha value is -3.59. The molecule has 1 N–H and O–H groups in total. The lowest BCUT2D eigenvalue weighted by Crippen LogP contribution is -2.40. The van der Waals surface area contributed by atoms with Crippen LogP contribution in [0.1, 0.15) is 36.5 Å². The van der Waals surface area contributed by atoms with Crippen molar-refractivity contribution in [2.45, 2.75) is 32.7 Å². The molecular weight excluding hydrogens is 400 g/mol. The van der Waals surface area contributed by atoms with Gasteiger partial charge in [0.2, 0.25) is 5.91 Å². The van der Waals surface area contributed by atoms with E-state index in [1.54, 1.807) is 13.3 Å². The molecule has 0 atom stereocenters. The number of nitriles is 1. The molecule has 0 spiro atoms. The maximum Gasteiger partial charge on any atom is 0.223 e. The van der Waals surface area contributed by atoms with Crippen molar-refractivity contribution in [2.75, 3.05) is 25.1 Å². The smallest absolute Gasteiger partial charge is 0.223 e. The lowest BCUT2D eigenvalue weighted by atomic mass is 9.94. The highest BCUT2D eigenvalue weighted by molar-refractivity contribution is 5.95. The van der Waals surface area contributed by atoms with E-state index in [1.165, 1.54) is 5.56 Å². The molecule has 0 radical (unpaired) electrons. The molecule has 32 heavy (non-hydrogen) atoms. The third kappa shape index (κ3) is 4.38. The Morgan fingerprint density at radius 1 is 1.25 bits per heavy atom. The minimum Gasteiger partial charge on any atom is -0.496 e. The van der Waals surface area contributed by atoms with Gasteiger partial charge in [0, 0.05) is 42.7 Å². The average molecular weight is 429 g/mol. The number of aromatic nitrogens is 1. The summed E-state index contributed by atoms with van der Waals surface area (Å²) in [5, 5.41) is 13.8. The second-order valence-electron chi connectivity index (χ2n) is 8.13. The molecule has 1 amide bonds. The predicted octanol–water partition coefficient (Wildman–Crippen LogP) is 4.21. The number of carbonyl (C=O) groups excluding carboxylic acids is 1. The number of pyridine rings is 1. The highest BCUT2D eigenvalue weighted by Gasteiger charge is 2.27. The van der Waals surface area contributed by atoms with E-state index >= 15 is 0 Å². The number of para-hydroxylation sites is 1. The van der Waals surface area contributed by atoms with Gasteiger partial charge in [-0.2, -0.15) is 5.26 Å². The first-order chi connectivity index (χ1) is 15.6. The molecule has 3 aromatic rings. The Bertz CT molecular complexity index is 1160.